The minimum absolute atomic E-state index is 0.0848. The fourth-order valence-electron chi connectivity index (χ4n) is 3.13. The number of ketones is 1. The molecule has 0 bridgehead atoms. The van der Waals surface area contributed by atoms with Crippen molar-refractivity contribution >= 4 is 29.0 Å². The minimum Gasteiger partial charge on any atom is -0.456 e. The first-order valence-corrected chi connectivity index (χ1v) is 9.85. The van der Waals surface area contributed by atoms with Crippen molar-refractivity contribution in [3.05, 3.63) is 45.4 Å². The second-order valence-corrected chi connectivity index (χ2v) is 7.61. The zero-order valence-electron chi connectivity index (χ0n) is 16.8. The smallest absolute Gasteiger partial charge is 0.328 e. The quantitative estimate of drug-likeness (QED) is 0.511. The summed E-state index contributed by atoms with van der Waals surface area (Å²) in [6.45, 7) is 7.47. The number of hydrogen-bond donors (Lipinski definition) is 1. The maximum absolute atomic E-state index is 12.5. The number of thiophene rings is 1. The van der Waals surface area contributed by atoms with Gasteiger partial charge in [0, 0.05) is 24.1 Å². The molecule has 0 aliphatic carbocycles. The third-order valence-corrected chi connectivity index (χ3v) is 5.29. The summed E-state index contributed by atoms with van der Waals surface area (Å²) in [5.74, 6) is -1.28. The monoisotopic (exact) mass is 406 g/mol. The van der Waals surface area contributed by atoms with Gasteiger partial charge in [-0.05, 0) is 45.2 Å². The van der Waals surface area contributed by atoms with Crippen LogP contribution in [0.15, 0.2) is 23.6 Å². The van der Waals surface area contributed by atoms with E-state index in [0.29, 0.717) is 17.0 Å². The molecule has 0 saturated carbocycles. The van der Waals surface area contributed by atoms with Crippen LogP contribution in [0.2, 0.25) is 0 Å². The molecule has 2 unspecified atom stereocenters. The van der Waals surface area contributed by atoms with Crippen molar-refractivity contribution in [1.82, 2.24) is 9.88 Å². The standard InChI is InChI=1S/C20H26N2O5S/c1-12-9-16(15(4)22(12)13(2)10-26-5)17(23)11-27-20(25)14(3)21-19(24)18-7-6-8-28-18/h6-9,13-14H,10-11H2,1-5H3,(H,21,24). The van der Waals surface area contributed by atoms with E-state index in [2.05, 4.69) is 5.32 Å². The molecule has 152 valence electrons. The number of carbonyl (C=O) groups is 3. The molecule has 0 saturated heterocycles. The summed E-state index contributed by atoms with van der Waals surface area (Å²) < 4.78 is 12.3. The van der Waals surface area contributed by atoms with Crippen LogP contribution in [0, 0.1) is 13.8 Å². The van der Waals surface area contributed by atoms with Gasteiger partial charge < -0.3 is 19.4 Å². The summed E-state index contributed by atoms with van der Waals surface area (Å²) in [6.07, 6.45) is 0. The molecule has 8 heteroatoms. The lowest BCUT2D eigenvalue weighted by atomic mass is 10.1. The van der Waals surface area contributed by atoms with Crippen LogP contribution in [0.1, 0.15) is 51.3 Å². The lowest BCUT2D eigenvalue weighted by molar-refractivity contribution is -0.144. The number of methoxy groups -OCH3 is 1. The van der Waals surface area contributed by atoms with Crippen molar-refractivity contribution in [3.63, 3.8) is 0 Å². The van der Waals surface area contributed by atoms with Gasteiger partial charge in [0.25, 0.3) is 5.91 Å². The second-order valence-electron chi connectivity index (χ2n) is 6.66. The van der Waals surface area contributed by atoms with Crippen molar-refractivity contribution in [2.24, 2.45) is 0 Å². The third-order valence-electron chi connectivity index (χ3n) is 4.43. The number of amides is 1. The molecule has 0 spiro atoms. The van der Waals surface area contributed by atoms with Gasteiger partial charge in [0.1, 0.15) is 6.04 Å². The topological polar surface area (TPSA) is 86.6 Å². The zero-order valence-corrected chi connectivity index (χ0v) is 17.6. The SMILES string of the molecule is COCC(C)n1c(C)cc(C(=O)COC(=O)C(C)NC(=O)c2cccs2)c1C. The van der Waals surface area contributed by atoms with Crippen molar-refractivity contribution < 1.29 is 23.9 Å². The van der Waals surface area contributed by atoms with Gasteiger partial charge in [0.2, 0.25) is 5.78 Å². The zero-order chi connectivity index (χ0) is 20.8. The Morgan fingerprint density at radius 1 is 1.25 bits per heavy atom. The molecular weight excluding hydrogens is 380 g/mol. The van der Waals surface area contributed by atoms with E-state index in [9.17, 15) is 14.4 Å². The highest BCUT2D eigenvalue weighted by molar-refractivity contribution is 7.12. The molecule has 7 nitrogen and oxygen atoms in total. The van der Waals surface area contributed by atoms with Gasteiger partial charge in [0.05, 0.1) is 17.5 Å². The van der Waals surface area contributed by atoms with Crippen molar-refractivity contribution in [3.8, 4) is 0 Å². The van der Waals surface area contributed by atoms with Crippen LogP contribution < -0.4 is 5.32 Å². The average molecular weight is 407 g/mol. The number of ether oxygens (including phenoxy) is 2. The van der Waals surface area contributed by atoms with Crippen LogP contribution >= 0.6 is 11.3 Å². The molecule has 2 aromatic rings. The van der Waals surface area contributed by atoms with Crippen LogP contribution in [-0.4, -0.2) is 48.6 Å². The molecule has 0 radical (unpaired) electrons. The number of aromatic nitrogens is 1. The Labute approximate surface area is 168 Å². The Bertz CT molecular complexity index is 841. The minimum atomic E-state index is -0.850. The summed E-state index contributed by atoms with van der Waals surface area (Å²) in [5, 5.41) is 4.35. The molecule has 2 atom stereocenters. The molecule has 0 aliphatic heterocycles. The third kappa shape index (κ3) is 5.08. The average Bonchev–Trinajstić information content (AvgIpc) is 3.27. The van der Waals surface area contributed by atoms with E-state index in [1.54, 1.807) is 30.7 Å². The second kappa shape index (κ2) is 9.66. The van der Waals surface area contributed by atoms with Crippen molar-refractivity contribution in [1.29, 1.82) is 0 Å². The summed E-state index contributed by atoms with van der Waals surface area (Å²) in [5.41, 5.74) is 2.26. The maximum atomic E-state index is 12.5. The number of carbonyl (C=O) groups excluding carboxylic acids is 3. The van der Waals surface area contributed by atoms with Crippen LogP contribution in [0.4, 0.5) is 0 Å². The highest BCUT2D eigenvalue weighted by atomic mass is 32.1. The number of nitrogens with zero attached hydrogens (tertiary/aromatic N) is 1. The molecule has 0 aliphatic rings. The van der Waals surface area contributed by atoms with E-state index in [1.165, 1.54) is 18.3 Å². The van der Waals surface area contributed by atoms with Crippen LogP contribution in [0.25, 0.3) is 0 Å². The predicted molar refractivity (Wildman–Crippen MR) is 107 cm³/mol. The summed E-state index contributed by atoms with van der Waals surface area (Å²) in [4.78, 5) is 37.2. The van der Waals surface area contributed by atoms with E-state index in [1.807, 2.05) is 25.3 Å². The van der Waals surface area contributed by atoms with Gasteiger partial charge in [-0.1, -0.05) is 6.07 Å². The van der Waals surface area contributed by atoms with E-state index in [0.717, 1.165) is 11.4 Å². The number of nitrogens with one attached hydrogen (secondary N) is 1. The largest absolute Gasteiger partial charge is 0.456 e. The Kier molecular flexibility index (Phi) is 7.53. The lowest BCUT2D eigenvalue weighted by Gasteiger charge is -2.17. The van der Waals surface area contributed by atoms with E-state index < -0.39 is 12.0 Å². The molecule has 2 heterocycles. The van der Waals surface area contributed by atoms with Crippen molar-refractivity contribution in [2.75, 3.05) is 20.3 Å². The highest BCUT2D eigenvalue weighted by Crippen LogP contribution is 2.21. The van der Waals surface area contributed by atoms with E-state index in [4.69, 9.17) is 9.47 Å². The maximum Gasteiger partial charge on any atom is 0.328 e. The van der Waals surface area contributed by atoms with Crippen molar-refractivity contribution in [2.45, 2.75) is 39.8 Å². The normalized spacial score (nSPS) is 13.0. The number of hydrogen-bond acceptors (Lipinski definition) is 6. The number of aryl methyl sites for hydroxylation is 1. The Morgan fingerprint density at radius 3 is 2.57 bits per heavy atom. The van der Waals surface area contributed by atoms with Gasteiger partial charge in [-0.2, -0.15) is 0 Å². The van der Waals surface area contributed by atoms with Crippen LogP contribution in [-0.2, 0) is 14.3 Å². The first kappa shape index (κ1) is 21.8. The molecule has 0 aromatic carbocycles. The van der Waals surface area contributed by atoms with Gasteiger partial charge in [-0.25, -0.2) is 4.79 Å². The number of Topliss-reactive ketones (excluding diaryl/α,β-unsaturated/α-hetero) is 1. The molecular formula is C20H26N2O5S. The Morgan fingerprint density at radius 2 is 1.96 bits per heavy atom. The Hall–Kier alpha value is -2.45. The van der Waals surface area contributed by atoms with E-state index >= 15 is 0 Å². The molecule has 2 rings (SSSR count). The fraction of sp³-hybridized carbons (Fsp3) is 0.450. The number of esters is 1. The molecule has 28 heavy (non-hydrogen) atoms. The van der Waals surface area contributed by atoms with Gasteiger partial charge in [0.15, 0.2) is 6.61 Å². The van der Waals surface area contributed by atoms with E-state index in [-0.39, 0.29) is 24.3 Å². The molecule has 2 aromatic heterocycles. The highest BCUT2D eigenvalue weighted by Gasteiger charge is 2.22. The predicted octanol–water partition coefficient (Wildman–Crippen LogP) is 2.92. The Balaban J connectivity index is 1.95. The first-order valence-electron chi connectivity index (χ1n) is 8.97. The summed E-state index contributed by atoms with van der Waals surface area (Å²) in [6, 6.07) is 4.45. The molecule has 0 fully saturated rings. The van der Waals surface area contributed by atoms with Crippen LogP contribution in [0.3, 0.4) is 0 Å². The first-order chi connectivity index (χ1) is 13.3. The molecule has 1 N–H and O–H groups in total. The van der Waals surface area contributed by atoms with Gasteiger partial charge >= 0.3 is 5.97 Å². The molecule has 1 amide bonds. The summed E-state index contributed by atoms with van der Waals surface area (Å²) in [7, 11) is 1.63. The summed E-state index contributed by atoms with van der Waals surface area (Å²) >= 11 is 1.28. The fourth-order valence-corrected chi connectivity index (χ4v) is 3.75. The number of rotatable bonds is 9. The van der Waals surface area contributed by atoms with Crippen LogP contribution in [0.5, 0.6) is 0 Å². The van der Waals surface area contributed by atoms with Gasteiger partial charge in [-0.3, -0.25) is 9.59 Å². The van der Waals surface area contributed by atoms with Gasteiger partial charge in [-0.15, -0.1) is 11.3 Å². The lowest BCUT2D eigenvalue weighted by Crippen LogP contribution is -2.39.